The third-order valence-corrected chi connectivity index (χ3v) is 4.28. The maximum absolute atomic E-state index is 11.8. The molecule has 0 radical (unpaired) electrons. The Kier molecular flexibility index (Phi) is 4.85. The van der Waals surface area contributed by atoms with Crippen LogP contribution in [-0.2, 0) is 4.79 Å². The van der Waals surface area contributed by atoms with Gasteiger partial charge in [0.05, 0.1) is 32.3 Å². The van der Waals surface area contributed by atoms with E-state index in [1.807, 2.05) is 30.5 Å². The van der Waals surface area contributed by atoms with Crippen LogP contribution in [0.5, 0.6) is 0 Å². The maximum atomic E-state index is 11.8. The highest BCUT2D eigenvalue weighted by molar-refractivity contribution is 5.99. The van der Waals surface area contributed by atoms with Gasteiger partial charge in [0.15, 0.2) is 0 Å². The highest BCUT2D eigenvalue weighted by atomic mass is 16.2. The molecule has 5 heteroatoms. The second-order valence-corrected chi connectivity index (χ2v) is 5.89. The molecule has 0 aliphatic carbocycles. The van der Waals surface area contributed by atoms with Gasteiger partial charge in [0.25, 0.3) is 0 Å². The molecule has 1 aliphatic heterocycles. The van der Waals surface area contributed by atoms with E-state index in [1.54, 1.807) is 11.1 Å². The van der Waals surface area contributed by atoms with Crippen LogP contribution in [0.1, 0.15) is 31.2 Å². The summed E-state index contributed by atoms with van der Waals surface area (Å²) in [4.78, 5) is 16.6. The summed E-state index contributed by atoms with van der Waals surface area (Å²) in [6.07, 6.45) is 8.05. The van der Waals surface area contributed by atoms with E-state index in [2.05, 4.69) is 15.5 Å². The number of quaternary nitrogens is 1. The lowest BCUT2D eigenvalue weighted by Gasteiger charge is -2.22. The molecule has 3 N–H and O–H groups in total. The minimum atomic E-state index is -0.00540. The van der Waals surface area contributed by atoms with Crippen LogP contribution in [0.15, 0.2) is 35.6 Å². The molecular formula is C17H23N4O+. The third-order valence-electron chi connectivity index (χ3n) is 4.28. The Hall–Kier alpha value is -2.14. The van der Waals surface area contributed by atoms with Gasteiger partial charge in [-0.05, 0) is 25.3 Å². The smallest absolute Gasteiger partial charge is 0.245 e. The summed E-state index contributed by atoms with van der Waals surface area (Å²) >= 11 is 0. The molecule has 0 spiro atoms. The molecule has 2 heterocycles. The number of rotatable bonds is 5. The van der Waals surface area contributed by atoms with Crippen LogP contribution in [0.2, 0.25) is 0 Å². The molecule has 3 rings (SSSR count). The molecule has 5 nitrogen and oxygen atoms in total. The van der Waals surface area contributed by atoms with Gasteiger partial charge in [-0.1, -0.05) is 18.2 Å². The summed E-state index contributed by atoms with van der Waals surface area (Å²) in [5.41, 5.74) is 4.69. The molecule has 1 fully saturated rings. The average Bonchev–Trinajstić information content (AvgIpc) is 2.97. The number of aromatic nitrogens is 1. The van der Waals surface area contributed by atoms with Crippen molar-refractivity contribution in [3.8, 4) is 0 Å². The van der Waals surface area contributed by atoms with Crippen LogP contribution < -0.4 is 10.3 Å². The minimum absolute atomic E-state index is 0.00540. The Bertz CT molecular complexity index is 655. The number of amides is 1. The second-order valence-electron chi connectivity index (χ2n) is 5.89. The molecule has 0 saturated carbocycles. The van der Waals surface area contributed by atoms with Crippen molar-refractivity contribution in [2.24, 2.45) is 5.10 Å². The van der Waals surface area contributed by atoms with Gasteiger partial charge in [-0.3, -0.25) is 4.79 Å². The zero-order chi connectivity index (χ0) is 15.2. The number of nitrogens with one attached hydrogen (secondary N) is 3. The molecule has 1 aliphatic rings. The topological polar surface area (TPSA) is 61.7 Å². The number of piperidine rings is 1. The molecule has 2 aromatic rings. The molecular weight excluding hydrogens is 276 g/mol. The number of nitrogens with zero attached hydrogens (tertiary/aromatic N) is 1. The van der Waals surface area contributed by atoms with E-state index in [0.29, 0.717) is 6.42 Å². The van der Waals surface area contributed by atoms with Gasteiger partial charge in [0.1, 0.15) is 0 Å². The van der Waals surface area contributed by atoms with E-state index in [9.17, 15) is 4.79 Å². The van der Waals surface area contributed by atoms with Crippen molar-refractivity contribution >= 4 is 23.0 Å². The summed E-state index contributed by atoms with van der Waals surface area (Å²) in [5, 5.41) is 5.18. The van der Waals surface area contributed by atoms with Crippen LogP contribution in [0.25, 0.3) is 10.9 Å². The van der Waals surface area contributed by atoms with Gasteiger partial charge >= 0.3 is 0 Å². The predicted molar refractivity (Wildman–Crippen MR) is 88.1 cm³/mol. The van der Waals surface area contributed by atoms with E-state index in [4.69, 9.17) is 0 Å². The largest absolute Gasteiger partial charge is 0.361 e. The zero-order valence-corrected chi connectivity index (χ0v) is 12.8. The van der Waals surface area contributed by atoms with Crippen LogP contribution in [0.3, 0.4) is 0 Å². The Morgan fingerprint density at radius 3 is 2.95 bits per heavy atom. The molecule has 1 aromatic heterocycles. The number of hydrogen-bond donors (Lipinski definition) is 3. The molecule has 0 atom stereocenters. The summed E-state index contributed by atoms with van der Waals surface area (Å²) in [5.74, 6) is -0.00540. The van der Waals surface area contributed by atoms with Gasteiger partial charge in [0, 0.05) is 22.7 Å². The lowest BCUT2D eigenvalue weighted by atomic mass is 10.1. The minimum Gasteiger partial charge on any atom is -0.361 e. The van der Waals surface area contributed by atoms with Gasteiger partial charge in [0.2, 0.25) is 5.91 Å². The fourth-order valence-corrected chi connectivity index (χ4v) is 3.02. The van der Waals surface area contributed by atoms with Gasteiger partial charge in [-0.15, -0.1) is 0 Å². The van der Waals surface area contributed by atoms with Crippen LogP contribution in [-0.4, -0.2) is 36.7 Å². The van der Waals surface area contributed by atoms with Crippen molar-refractivity contribution in [3.63, 3.8) is 0 Å². The zero-order valence-electron chi connectivity index (χ0n) is 12.8. The Morgan fingerprint density at radius 1 is 1.27 bits per heavy atom. The number of benzene rings is 1. The van der Waals surface area contributed by atoms with Crippen LogP contribution >= 0.6 is 0 Å². The number of likely N-dealkylation sites (tertiary alicyclic amines) is 1. The summed E-state index contributed by atoms with van der Waals surface area (Å²) in [6.45, 7) is 3.31. The highest BCUT2D eigenvalue weighted by Gasteiger charge is 2.14. The van der Waals surface area contributed by atoms with Crippen molar-refractivity contribution in [2.75, 3.05) is 19.6 Å². The molecule has 116 valence electrons. The Balaban J connectivity index is 1.48. The van der Waals surface area contributed by atoms with Crippen molar-refractivity contribution in [1.29, 1.82) is 0 Å². The first-order chi connectivity index (χ1) is 10.8. The molecule has 1 amide bonds. The molecule has 1 saturated heterocycles. The first-order valence-corrected chi connectivity index (χ1v) is 8.04. The maximum Gasteiger partial charge on any atom is 0.245 e. The molecule has 0 unspecified atom stereocenters. The van der Waals surface area contributed by atoms with Crippen molar-refractivity contribution in [1.82, 2.24) is 10.4 Å². The standard InChI is InChI=1S/C17H22N4O/c22-17(8-11-21-9-4-1-5-10-21)20-19-13-14-12-18-16-7-3-2-6-15(14)16/h2-3,6-7,12-13,18H,1,4-5,8-11H2,(H,20,22)/p+1/b19-13+. The Labute approximate surface area is 130 Å². The fourth-order valence-electron chi connectivity index (χ4n) is 3.02. The number of fused-ring (bicyclic) bond motifs is 1. The van der Waals surface area contributed by atoms with Gasteiger partial charge in [-0.25, -0.2) is 5.43 Å². The SMILES string of the molecule is O=C(CC[NH+]1CCCCC1)N/N=C/c1c[nH]c2ccccc12. The normalized spacial score (nSPS) is 16.4. The third kappa shape index (κ3) is 3.74. The highest BCUT2D eigenvalue weighted by Crippen LogP contribution is 2.15. The summed E-state index contributed by atoms with van der Waals surface area (Å²) in [6, 6.07) is 8.04. The first-order valence-electron chi connectivity index (χ1n) is 8.04. The van der Waals surface area contributed by atoms with Crippen molar-refractivity contribution in [2.45, 2.75) is 25.7 Å². The number of hydrazone groups is 1. The summed E-state index contributed by atoms with van der Waals surface area (Å²) in [7, 11) is 0. The van der Waals surface area contributed by atoms with Crippen LogP contribution in [0, 0.1) is 0 Å². The quantitative estimate of drug-likeness (QED) is 0.561. The van der Waals surface area contributed by atoms with E-state index in [-0.39, 0.29) is 5.91 Å². The van der Waals surface area contributed by atoms with Crippen molar-refractivity contribution < 1.29 is 9.69 Å². The number of carbonyl (C=O) groups excluding carboxylic acids is 1. The van der Waals surface area contributed by atoms with E-state index in [0.717, 1.165) is 23.0 Å². The molecule has 1 aromatic carbocycles. The van der Waals surface area contributed by atoms with Gasteiger partial charge in [-0.2, -0.15) is 5.10 Å². The monoisotopic (exact) mass is 299 g/mol. The lowest BCUT2D eigenvalue weighted by Crippen LogP contribution is -3.12. The van der Waals surface area contributed by atoms with Crippen molar-refractivity contribution in [3.05, 3.63) is 36.0 Å². The van der Waals surface area contributed by atoms with Gasteiger partial charge < -0.3 is 9.88 Å². The van der Waals surface area contributed by atoms with Crippen LogP contribution in [0.4, 0.5) is 0 Å². The number of H-pyrrole nitrogens is 1. The Morgan fingerprint density at radius 2 is 2.09 bits per heavy atom. The van der Waals surface area contributed by atoms with E-state index >= 15 is 0 Å². The summed E-state index contributed by atoms with van der Waals surface area (Å²) < 4.78 is 0. The van der Waals surface area contributed by atoms with E-state index < -0.39 is 0 Å². The molecule has 0 bridgehead atoms. The predicted octanol–water partition coefficient (Wildman–Crippen LogP) is 1.08. The number of para-hydroxylation sites is 1. The average molecular weight is 299 g/mol. The number of hydrogen-bond acceptors (Lipinski definition) is 2. The molecule has 22 heavy (non-hydrogen) atoms. The lowest BCUT2D eigenvalue weighted by molar-refractivity contribution is -0.904. The second kappa shape index (κ2) is 7.22. The van der Waals surface area contributed by atoms with E-state index in [1.165, 1.54) is 32.4 Å². The number of carbonyl (C=O) groups is 1. The number of aromatic amines is 1. The first kappa shape index (κ1) is 14.8. The fraction of sp³-hybridized carbons (Fsp3) is 0.412.